The maximum Gasteiger partial charge on any atom is 0.0675 e. The van der Waals surface area contributed by atoms with E-state index in [0.717, 1.165) is 4.48 Å². The third kappa shape index (κ3) is 60700. The number of quaternary nitrogens is 1. The van der Waals surface area contributed by atoms with Crippen LogP contribution in [0.4, 0.5) is 0 Å². The Morgan fingerprint density at radius 2 is 1.33 bits per heavy atom. The fraction of sp³-hybridized carbons (Fsp3) is 0.800. The van der Waals surface area contributed by atoms with E-state index in [1.54, 1.807) is 0 Å². The molecule has 0 spiro atoms. The van der Waals surface area contributed by atoms with E-state index in [-0.39, 0.29) is 4.32 Å². The molecule has 56 valence electrons. The molecule has 0 bridgehead atoms. The molecule has 0 aliphatic rings. The van der Waals surface area contributed by atoms with Crippen LogP contribution >= 0.6 is 12.2 Å². The van der Waals surface area contributed by atoms with Crippen molar-refractivity contribution in [3.63, 3.8) is 0 Å². The highest BCUT2D eigenvalue weighted by Gasteiger charge is 1.88. The smallest absolute Gasteiger partial charge is 0.0675 e. The van der Waals surface area contributed by atoms with Crippen molar-refractivity contribution < 1.29 is 4.48 Å². The minimum atomic E-state index is 0.0833. The lowest BCUT2D eigenvalue weighted by atomic mass is 10.8. The summed E-state index contributed by atoms with van der Waals surface area (Å²) in [6.45, 7) is 0. The largest absolute Gasteiger partial charge is 0.415 e. The molecule has 0 aromatic heterocycles. The van der Waals surface area contributed by atoms with Crippen LogP contribution in [0.1, 0.15) is 0 Å². The highest BCUT2D eigenvalue weighted by Crippen LogP contribution is 1.73. The fourth-order valence-corrected chi connectivity index (χ4v) is 0. The van der Waals surface area contributed by atoms with Crippen molar-refractivity contribution in [2.24, 2.45) is 5.73 Å². The molecule has 0 aromatic carbocycles. The molecule has 0 atom stereocenters. The van der Waals surface area contributed by atoms with E-state index in [1.165, 1.54) is 0 Å². The molecule has 0 saturated heterocycles. The van der Waals surface area contributed by atoms with E-state index in [0.29, 0.717) is 0 Å². The summed E-state index contributed by atoms with van der Waals surface area (Å²) in [5.74, 6) is 0. The third-order valence-electron chi connectivity index (χ3n) is 0. The molecule has 0 radical (unpaired) electrons. The third-order valence-corrected chi connectivity index (χ3v) is 0. The molecule has 0 fully saturated rings. The Kier molecular flexibility index (Phi) is 6.44. The number of thiocarbonyl (C=S) groups is 1. The molecule has 0 unspecified atom stereocenters. The zero-order chi connectivity index (χ0) is 8.08. The summed E-state index contributed by atoms with van der Waals surface area (Å²) in [7, 11) is 8.50. The first-order valence-electron chi connectivity index (χ1n) is 2.49. The molecule has 0 aliphatic carbocycles. The first-order chi connectivity index (χ1) is 3.73. The zero-order valence-corrected chi connectivity index (χ0v) is 7.97. The van der Waals surface area contributed by atoms with Crippen molar-refractivity contribution in [2.45, 2.75) is 0 Å². The van der Waals surface area contributed by atoms with Crippen LogP contribution in [0.3, 0.4) is 0 Å². The average Bonchev–Trinajstić information content (AvgIpc) is 1.19. The predicted octanol–water partition coefficient (Wildman–Crippen LogP) is 0.0993. The van der Waals surface area contributed by atoms with Crippen molar-refractivity contribution in [1.29, 1.82) is 0 Å². The Hall–Kier alpha value is 0.0700. The van der Waals surface area contributed by atoms with E-state index >= 15 is 0 Å². The lowest BCUT2D eigenvalue weighted by Gasteiger charge is -2.14. The second-order valence-electron chi connectivity index (χ2n) is 3.00. The molecular formula is C5H14N2S2. The lowest BCUT2D eigenvalue weighted by molar-refractivity contribution is -0.849. The first kappa shape index (κ1) is 11.8. The molecule has 0 rings (SSSR count). The molecule has 0 amide bonds. The summed E-state index contributed by atoms with van der Waals surface area (Å²) in [5.41, 5.74) is 4.66. The van der Waals surface area contributed by atoms with Crippen molar-refractivity contribution in [3.05, 3.63) is 0 Å². The van der Waals surface area contributed by atoms with Gasteiger partial charge in [-0.15, -0.1) is 0 Å². The minimum Gasteiger partial charge on any atom is -0.415 e. The second-order valence-corrected chi connectivity index (χ2v) is 4.14. The van der Waals surface area contributed by atoms with Crippen molar-refractivity contribution in [1.82, 2.24) is 0 Å². The zero-order valence-electron chi connectivity index (χ0n) is 6.34. The summed E-state index contributed by atoms with van der Waals surface area (Å²) < 4.78 is 1.08. The monoisotopic (exact) mass is 166 g/mol. The summed E-state index contributed by atoms with van der Waals surface area (Å²) in [4.78, 5) is 0. The summed E-state index contributed by atoms with van der Waals surface area (Å²) in [5, 5.41) is 0. The minimum absolute atomic E-state index is 0.0833. The number of hydrogen-bond donors (Lipinski definition) is 1. The molecule has 0 heterocycles. The Balaban J connectivity index is 0. The molecule has 0 saturated carbocycles. The van der Waals surface area contributed by atoms with Crippen LogP contribution in [0.2, 0.25) is 0 Å². The van der Waals surface area contributed by atoms with Crippen molar-refractivity contribution in [2.75, 3.05) is 28.2 Å². The van der Waals surface area contributed by atoms with E-state index in [9.17, 15) is 0 Å². The highest BCUT2D eigenvalue weighted by molar-refractivity contribution is 8.00. The number of hydrogen-bond acceptors (Lipinski definition) is 2. The quantitative estimate of drug-likeness (QED) is 0.314. The van der Waals surface area contributed by atoms with Gasteiger partial charge in [-0.25, -0.2) is 0 Å². The fourth-order valence-electron chi connectivity index (χ4n) is 0. The molecule has 0 aliphatic heterocycles. The van der Waals surface area contributed by atoms with Gasteiger partial charge in [-0.1, -0.05) is 4.32 Å². The summed E-state index contributed by atoms with van der Waals surface area (Å²) in [6.07, 6.45) is 0. The standard InChI is InChI=1S/C4H12N.CH3NS2/c1-5(2,3)4;2-1(3)4/h1-4H3;(H3,2,3,4)/q+1;/p-1. The maximum atomic E-state index is 4.66. The molecular weight excluding hydrogens is 152 g/mol. The van der Waals surface area contributed by atoms with Gasteiger partial charge >= 0.3 is 0 Å². The Morgan fingerprint density at radius 1 is 1.33 bits per heavy atom. The molecule has 9 heavy (non-hydrogen) atoms. The topological polar surface area (TPSA) is 26.0 Å². The molecule has 0 aromatic rings. The number of nitrogens with two attached hydrogens (primary N) is 1. The second kappa shape index (κ2) is 4.90. The van der Waals surface area contributed by atoms with E-state index in [4.69, 9.17) is 0 Å². The van der Waals surface area contributed by atoms with Crippen LogP contribution < -0.4 is 5.73 Å². The van der Waals surface area contributed by atoms with Gasteiger partial charge in [-0.2, -0.15) is 0 Å². The molecule has 2 nitrogen and oxygen atoms in total. The van der Waals surface area contributed by atoms with Gasteiger partial charge in [-0.3, -0.25) is 0 Å². The van der Waals surface area contributed by atoms with Gasteiger partial charge in [-0.05, 0) is 0 Å². The van der Waals surface area contributed by atoms with Gasteiger partial charge in [0.2, 0.25) is 0 Å². The van der Waals surface area contributed by atoms with Crippen molar-refractivity contribution in [3.8, 4) is 0 Å². The Bertz CT molecular complexity index is 75.4. The van der Waals surface area contributed by atoms with Crippen LogP contribution in [0.15, 0.2) is 0 Å². The predicted molar refractivity (Wildman–Crippen MR) is 48.1 cm³/mol. The van der Waals surface area contributed by atoms with Crippen LogP contribution in [-0.2, 0) is 12.6 Å². The van der Waals surface area contributed by atoms with Gasteiger partial charge in [0.1, 0.15) is 0 Å². The van der Waals surface area contributed by atoms with Crippen LogP contribution in [0, 0.1) is 0 Å². The van der Waals surface area contributed by atoms with Crippen molar-refractivity contribution >= 4 is 29.2 Å². The first-order valence-corrected chi connectivity index (χ1v) is 3.30. The van der Waals surface area contributed by atoms with E-state index < -0.39 is 0 Å². The SMILES string of the molecule is C[N+](C)(C)C.NC(=S)[S-]. The molecule has 2 N–H and O–H groups in total. The van der Waals surface area contributed by atoms with Crippen LogP contribution in [0.5, 0.6) is 0 Å². The summed E-state index contributed by atoms with van der Waals surface area (Å²) >= 11 is 8.26. The Morgan fingerprint density at radius 3 is 1.33 bits per heavy atom. The van der Waals surface area contributed by atoms with Gasteiger partial charge in [0, 0.05) is 0 Å². The maximum absolute atomic E-state index is 4.66. The normalized spacial score (nSPS) is 9.33. The Labute approximate surface area is 68.0 Å². The number of rotatable bonds is 0. The van der Waals surface area contributed by atoms with Gasteiger partial charge in [0.05, 0.1) is 28.2 Å². The number of nitrogens with zero attached hydrogens (tertiary/aromatic N) is 1. The molecule has 4 heteroatoms. The van der Waals surface area contributed by atoms with Gasteiger partial charge in [0.25, 0.3) is 0 Å². The lowest BCUT2D eigenvalue weighted by Crippen LogP contribution is -2.27. The average molecular weight is 166 g/mol. The van der Waals surface area contributed by atoms with E-state index in [1.807, 2.05) is 0 Å². The summed E-state index contributed by atoms with van der Waals surface area (Å²) in [6, 6.07) is 0. The van der Waals surface area contributed by atoms with Gasteiger partial charge < -0.3 is 35.1 Å². The highest BCUT2D eigenvalue weighted by atomic mass is 32.1. The van der Waals surface area contributed by atoms with E-state index in [2.05, 4.69) is 58.8 Å². The van der Waals surface area contributed by atoms with Crippen LogP contribution in [0.25, 0.3) is 0 Å². The van der Waals surface area contributed by atoms with Crippen LogP contribution in [-0.4, -0.2) is 37.0 Å². The van der Waals surface area contributed by atoms with Gasteiger partial charge in [0.15, 0.2) is 0 Å².